The molecule has 0 fully saturated rings. The van der Waals surface area contributed by atoms with Crippen LogP contribution < -0.4 is 21.3 Å². The van der Waals surface area contributed by atoms with E-state index in [1.165, 1.54) is 12.5 Å². The van der Waals surface area contributed by atoms with Gasteiger partial charge in [-0.05, 0) is 110 Å². The Hall–Kier alpha value is 0.411. The van der Waals surface area contributed by atoms with Crippen LogP contribution in [0.5, 0.6) is 0 Å². The van der Waals surface area contributed by atoms with Gasteiger partial charge in [0.05, 0.1) is 0 Å². The minimum Gasteiger partial charge on any atom is -0.436 e. The molecule has 6 nitrogen and oxygen atoms in total. The van der Waals surface area contributed by atoms with Gasteiger partial charge >= 0.3 is 8.56 Å². The summed E-state index contributed by atoms with van der Waals surface area (Å²) < 4.78 is 13.2. The Morgan fingerprint density at radius 1 is 0.741 bits per heavy atom. The molecule has 0 spiro atoms. The fraction of sp³-hybridized carbons (Fsp3) is 1.00. The van der Waals surface area contributed by atoms with Crippen LogP contribution in [0.4, 0.5) is 0 Å². The molecular weight excluding hydrogens is 388 g/mol. The molecule has 0 saturated carbocycles. The summed E-state index contributed by atoms with van der Waals surface area (Å²) in [7, 11) is -5.73. The summed E-state index contributed by atoms with van der Waals surface area (Å²) in [5.41, 5.74) is 5.52. The molecule has 5 N–H and O–H groups in total. The average Bonchev–Trinajstić information content (AvgIpc) is 2.51. The van der Waals surface area contributed by atoms with E-state index in [0.717, 1.165) is 58.5 Å². The predicted molar refractivity (Wildman–Crippen MR) is 126 cm³/mol. The number of hydrogen-bond donors (Lipinski definition) is 4. The molecule has 0 aliphatic heterocycles. The summed E-state index contributed by atoms with van der Waals surface area (Å²) in [6.45, 7) is 21.8. The Morgan fingerprint density at radius 2 is 1.33 bits per heavy atom. The van der Waals surface area contributed by atoms with Crippen LogP contribution in [0, 0.1) is 0 Å². The molecule has 0 aromatic carbocycles. The first kappa shape index (κ1) is 27.4. The van der Waals surface area contributed by atoms with Gasteiger partial charge in [0.2, 0.25) is 0 Å². The Labute approximate surface area is 172 Å². The largest absolute Gasteiger partial charge is 0.436 e. The lowest BCUT2D eigenvalue weighted by Crippen LogP contribution is -2.58. The average molecular weight is 437 g/mol. The zero-order valence-electron chi connectivity index (χ0n) is 19.2. The van der Waals surface area contributed by atoms with Crippen LogP contribution in [0.25, 0.3) is 0 Å². The molecule has 27 heavy (non-hydrogen) atoms. The minimum atomic E-state index is -2.13. The van der Waals surface area contributed by atoms with Crippen molar-refractivity contribution in [2.45, 2.75) is 77.9 Å². The fourth-order valence-corrected chi connectivity index (χ4v) is 16.6. The number of nitrogens with two attached hydrogens (primary N) is 1. The van der Waals surface area contributed by atoms with Crippen LogP contribution in [-0.2, 0) is 8.23 Å². The van der Waals surface area contributed by atoms with Gasteiger partial charge in [0.1, 0.15) is 0 Å². The standard InChI is InChI=1S/C18H48N4O2Si3/c1-8-13-20-15-10-17-22-26(4,5)24-27(6,7)23-25(2,3)18-11-16-21-14-9-12-19/h20-22H,8-19H2,1-7H3. The molecule has 0 aliphatic rings. The molecule has 0 rings (SSSR count). The topological polar surface area (TPSA) is 80.6 Å². The maximum Gasteiger partial charge on any atom is 0.312 e. The molecule has 0 bridgehead atoms. The van der Waals surface area contributed by atoms with E-state index in [9.17, 15) is 0 Å². The lowest BCUT2D eigenvalue weighted by molar-refractivity contribution is 0.380. The number of nitrogens with one attached hydrogen (secondary N) is 3. The first-order valence-electron chi connectivity index (χ1n) is 10.8. The van der Waals surface area contributed by atoms with Gasteiger partial charge in [-0.3, -0.25) is 0 Å². The SMILES string of the molecule is CCCNCCCN[Si](C)(C)O[Si](C)(C)O[Si](C)(C)CCCNCCCN. The van der Waals surface area contributed by atoms with Gasteiger partial charge in [-0.15, -0.1) is 0 Å². The lowest BCUT2D eigenvalue weighted by Gasteiger charge is -2.38. The summed E-state index contributed by atoms with van der Waals surface area (Å²) in [6.07, 6.45) is 4.54. The molecule has 0 saturated heterocycles. The lowest BCUT2D eigenvalue weighted by atomic mass is 10.4. The fourth-order valence-electron chi connectivity index (χ4n) is 3.28. The molecule has 0 unspecified atom stereocenters. The van der Waals surface area contributed by atoms with E-state index in [1.54, 1.807) is 0 Å². The van der Waals surface area contributed by atoms with E-state index in [4.69, 9.17) is 14.0 Å². The van der Waals surface area contributed by atoms with Gasteiger partial charge in [-0.1, -0.05) is 6.92 Å². The molecule has 0 aromatic heterocycles. The Morgan fingerprint density at radius 3 is 1.96 bits per heavy atom. The molecule has 9 heteroatoms. The van der Waals surface area contributed by atoms with Crippen molar-refractivity contribution in [2.24, 2.45) is 5.73 Å². The quantitative estimate of drug-likeness (QED) is 0.195. The third-order valence-corrected chi connectivity index (χ3v) is 15.1. The zero-order chi connectivity index (χ0) is 20.8. The van der Waals surface area contributed by atoms with Crippen LogP contribution in [0.15, 0.2) is 0 Å². The second-order valence-electron chi connectivity index (χ2n) is 8.90. The summed E-state index contributed by atoms with van der Waals surface area (Å²) in [5.74, 6) is 0. The molecule has 0 aliphatic carbocycles. The van der Waals surface area contributed by atoms with Crippen LogP contribution in [0.2, 0.25) is 45.3 Å². The third-order valence-electron chi connectivity index (χ3n) is 4.22. The van der Waals surface area contributed by atoms with Crippen LogP contribution in [-0.4, -0.2) is 64.6 Å². The van der Waals surface area contributed by atoms with Crippen molar-refractivity contribution in [2.75, 3.05) is 39.3 Å². The summed E-state index contributed by atoms with van der Waals surface area (Å²) in [6, 6.07) is 1.17. The Kier molecular flexibility index (Phi) is 14.6. The van der Waals surface area contributed by atoms with Gasteiger partial charge in [-0.2, -0.15) is 0 Å². The summed E-state index contributed by atoms with van der Waals surface area (Å²) in [4.78, 5) is 3.68. The monoisotopic (exact) mass is 436 g/mol. The zero-order valence-corrected chi connectivity index (χ0v) is 22.2. The van der Waals surface area contributed by atoms with Crippen molar-refractivity contribution < 1.29 is 8.23 Å². The first-order chi connectivity index (χ1) is 12.5. The second kappa shape index (κ2) is 14.4. The van der Waals surface area contributed by atoms with Gasteiger partial charge in [0.15, 0.2) is 8.32 Å². The molecule has 164 valence electrons. The Bertz CT molecular complexity index is 341. The van der Waals surface area contributed by atoms with Crippen LogP contribution in [0.1, 0.15) is 32.6 Å². The van der Waals surface area contributed by atoms with Crippen molar-refractivity contribution in [1.29, 1.82) is 0 Å². The molecule has 0 atom stereocenters. The van der Waals surface area contributed by atoms with Crippen molar-refractivity contribution >= 4 is 25.4 Å². The minimum absolute atomic E-state index is 0.760. The van der Waals surface area contributed by atoms with Crippen molar-refractivity contribution in [3.05, 3.63) is 0 Å². The highest BCUT2D eigenvalue weighted by atomic mass is 28.5. The normalized spacial score (nSPS) is 13.3. The van der Waals surface area contributed by atoms with E-state index in [2.05, 4.69) is 61.8 Å². The Balaban J connectivity index is 4.17. The highest BCUT2D eigenvalue weighted by molar-refractivity contribution is 6.87. The van der Waals surface area contributed by atoms with E-state index < -0.39 is 25.4 Å². The van der Waals surface area contributed by atoms with Crippen LogP contribution in [0.3, 0.4) is 0 Å². The molecule has 0 radical (unpaired) electrons. The number of rotatable bonds is 18. The van der Waals surface area contributed by atoms with Gasteiger partial charge < -0.3 is 29.6 Å². The molecule has 0 amide bonds. The molecule has 0 heterocycles. The second-order valence-corrected chi connectivity index (χ2v) is 20.7. The van der Waals surface area contributed by atoms with Crippen molar-refractivity contribution in [3.8, 4) is 0 Å². The van der Waals surface area contributed by atoms with E-state index in [-0.39, 0.29) is 0 Å². The van der Waals surface area contributed by atoms with E-state index in [0.29, 0.717) is 0 Å². The van der Waals surface area contributed by atoms with Gasteiger partial charge in [-0.25, -0.2) is 0 Å². The van der Waals surface area contributed by atoms with Crippen molar-refractivity contribution in [3.63, 3.8) is 0 Å². The smallest absolute Gasteiger partial charge is 0.312 e. The maximum atomic E-state index is 6.64. The predicted octanol–water partition coefficient (Wildman–Crippen LogP) is 2.94. The van der Waals surface area contributed by atoms with E-state index >= 15 is 0 Å². The highest BCUT2D eigenvalue weighted by Gasteiger charge is 2.39. The summed E-state index contributed by atoms with van der Waals surface area (Å²) >= 11 is 0. The van der Waals surface area contributed by atoms with Crippen molar-refractivity contribution in [1.82, 2.24) is 15.6 Å². The van der Waals surface area contributed by atoms with Gasteiger partial charge in [0, 0.05) is 0 Å². The van der Waals surface area contributed by atoms with Crippen LogP contribution >= 0.6 is 0 Å². The first-order valence-corrected chi connectivity index (χ1v) is 19.6. The summed E-state index contributed by atoms with van der Waals surface area (Å²) in [5, 5.41) is 6.91. The molecule has 0 aromatic rings. The maximum absolute atomic E-state index is 6.64. The molecular formula is C18H48N4O2Si3. The third kappa shape index (κ3) is 17.0. The van der Waals surface area contributed by atoms with E-state index in [1.807, 2.05) is 0 Å². The number of hydrogen-bond acceptors (Lipinski definition) is 6. The van der Waals surface area contributed by atoms with Gasteiger partial charge in [0.25, 0.3) is 8.48 Å². The highest BCUT2D eigenvalue weighted by Crippen LogP contribution is 2.22.